The number of rotatable bonds is 5. The number of halogens is 2. The molecular formula is C12H19I2N3S. The normalized spacial score (nSPS) is 15.1. The van der Waals surface area contributed by atoms with Crippen LogP contribution in [-0.2, 0) is 6.42 Å². The lowest BCUT2D eigenvalue weighted by molar-refractivity contribution is 0.809. The molecule has 0 aliphatic heterocycles. The molecule has 102 valence electrons. The number of nitrogens with zero attached hydrogens (tertiary/aromatic N) is 1. The van der Waals surface area contributed by atoms with Crippen molar-refractivity contribution in [2.45, 2.75) is 32.2 Å². The van der Waals surface area contributed by atoms with Crippen LogP contribution in [0.15, 0.2) is 17.1 Å². The summed E-state index contributed by atoms with van der Waals surface area (Å²) in [4.78, 5) is 6.01. The highest BCUT2D eigenvalue weighted by Crippen LogP contribution is 2.19. The number of aliphatic imine (C=N–C) groups is 1. The molecule has 0 bridgehead atoms. The third kappa shape index (κ3) is 6.05. The molecule has 1 aromatic heterocycles. The van der Waals surface area contributed by atoms with E-state index < -0.39 is 0 Å². The van der Waals surface area contributed by atoms with E-state index in [1.807, 2.05) is 11.3 Å². The Kier molecular flexibility index (Phi) is 7.85. The van der Waals surface area contributed by atoms with Gasteiger partial charge in [-0.1, -0.05) is 0 Å². The SMILES string of the molecule is CCNC(=NCCc1ccc(I)s1)NC1CC1.I. The van der Waals surface area contributed by atoms with Crippen molar-refractivity contribution in [1.82, 2.24) is 10.6 Å². The maximum Gasteiger partial charge on any atom is 0.191 e. The molecule has 0 radical (unpaired) electrons. The molecule has 1 saturated carbocycles. The van der Waals surface area contributed by atoms with Crippen molar-refractivity contribution >= 4 is 63.9 Å². The molecule has 1 aliphatic carbocycles. The van der Waals surface area contributed by atoms with Gasteiger partial charge in [0.2, 0.25) is 0 Å². The average molecular weight is 491 g/mol. The fraction of sp³-hybridized carbons (Fsp3) is 0.583. The largest absolute Gasteiger partial charge is 0.357 e. The third-order valence-electron chi connectivity index (χ3n) is 2.52. The highest BCUT2D eigenvalue weighted by atomic mass is 127. The molecule has 1 aromatic rings. The molecule has 3 nitrogen and oxygen atoms in total. The molecule has 0 amide bonds. The second-order valence-electron chi connectivity index (χ2n) is 4.14. The highest BCUT2D eigenvalue weighted by Gasteiger charge is 2.21. The summed E-state index contributed by atoms with van der Waals surface area (Å²) in [5, 5.41) is 6.71. The Morgan fingerprint density at radius 2 is 2.28 bits per heavy atom. The van der Waals surface area contributed by atoms with Gasteiger partial charge in [-0.3, -0.25) is 4.99 Å². The number of nitrogens with one attached hydrogen (secondary N) is 2. The minimum Gasteiger partial charge on any atom is -0.357 e. The van der Waals surface area contributed by atoms with E-state index in [-0.39, 0.29) is 24.0 Å². The zero-order chi connectivity index (χ0) is 12.1. The van der Waals surface area contributed by atoms with E-state index in [2.05, 4.69) is 57.3 Å². The van der Waals surface area contributed by atoms with Crippen molar-refractivity contribution < 1.29 is 0 Å². The second kappa shape index (κ2) is 8.57. The Morgan fingerprint density at radius 3 is 2.83 bits per heavy atom. The van der Waals surface area contributed by atoms with Gasteiger partial charge in [0.15, 0.2) is 5.96 Å². The molecule has 0 unspecified atom stereocenters. The second-order valence-corrected chi connectivity index (χ2v) is 7.20. The fourth-order valence-electron chi connectivity index (χ4n) is 1.51. The van der Waals surface area contributed by atoms with Crippen molar-refractivity contribution in [3.63, 3.8) is 0 Å². The molecule has 1 heterocycles. The minimum absolute atomic E-state index is 0. The lowest BCUT2D eigenvalue weighted by Gasteiger charge is -2.09. The summed E-state index contributed by atoms with van der Waals surface area (Å²) >= 11 is 4.22. The van der Waals surface area contributed by atoms with E-state index in [1.54, 1.807) is 0 Å². The summed E-state index contributed by atoms with van der Waals surface area (Å²) in [6.07, 6.45) is 3.61. The van der Waals surface area contributed by atoms with E-state index in [0.717, 1.165) is 25.5 Å². The van der Waals surface area contributed by atoms with Crippen LogP contribution in [0.4, 0.5) is 0 Å². The van der Waals surface area contributed by atoms with Crippen LogP contribution in [-0.4, -0.2) is 25.1 Å². The van der Waals surface area contributed by atoms with Gasteiger partial charge in [0.1, 0.15) is 0 Å². The average Bonchev–Trinajstić information content (AvgIpc) is 3.01. The molecule has 6 heteroatoms. The van der Waals surface area contributed by atoms with Crippen LogP contribution in [0.5, 0.6) is 0 Å². The Hall–Kier alpha value is 0.430. The Morgan fingerprint density at radius 1 is 1.50 bits per heavy atom. The van der Waals surface area contributed by atoms with Crippen LogP contribution in [0, 0.1) is 2.88 Å². The molecule has 0 saturated heterocycles. The smallest absolute Gasteiger partial charge is 0.191 e. The molecule has 2 rings (SSSR count). The van der Waals surface area contributed by atoms with Crippen LogP contribution in [0.3, 0.4) is 0 Å². The molecule has 0 aromatic carbocycles. The zero-order valence-corrected chi connectivity index (χ0v) is 15.7. The van der Waals surface area contributed by atoms with Crippen LogP contribution in [0.1, 0.15) is 24.6 Å². The summed E-state index contributed by atoms with van der Waals surface area (Å²) in [6.45, 7) is 3.89. The first-order valence-electron chi connectivity index (χ1n) is 6.07. The fourth-order valence-corrected chi connectivity index (χ4v) is 3.25. The van der Waals surface area contributed by atoms with Crippen LogP contribution >= 0.6 is 57.9 Å². The summed E-state index contributed by atoms with van der Waals surface area (Å²) in [7, 11) is 0. The van der Waals surface area contributed by atoms with Crippen molar-refractivity contribution in [3.05, 3.63) is 19.9 Å². The lowest BCUT2D eigenvalue weighted by Crippen LogP contribution is -2.38. The monoisotopic (exact) mass is 491 g/mol. The topological polar surface area (TPSA) is 36.4 Å². The molecule has 1 fully saturated rings. The molecular weight excluding hydrogens is 472 g/mol. The van der Waals surface area contributed by atoms with Gasteiger partial charge in [-0.15, -0.1) is 35.3 Å². The lowest BCUT2D eigenvalue weighted by atomic mass is 10.3. The Balaban J connectivity index is 0.00000162. The van der Waals surface area contributed by atoms with E-state index in [1.165, 1.54) is 20.6 Å². The summed E-state index contributed by atoms with van der Waals surface area (Å²) in [5.74, 6) is 0.973. The van der Waals surface area contributed by atoms with E-state index in [9.17, 15) is 0 Å². The standard InChI is InChI=1S/C12H18IN3S.HI/c1-2-14-12(16-9-3-4-9)15-8-7-10-5-6-11(13)17-10;/h5-6,9H,2-4,7-8H2,1H3,(H2,14,15,16);1H. The third-order valence-corrected chi connectivity index (χ3v) is 4.47. The highest BCUT2D eigenvalue weighted by molar-refractivity contribution is 14.1. The summed E-state index contributed by atoms with van der Waals surface area (Å²) in [6, 6.07) is 5.02. The number of thiophene rings is 1. The van der Waals surface area contributed by atoms with Crippen molar-refractivity contribution in [2.75, 3.05) is 13.1 Å². The van der Waals surface area contributed by atoms with Gasteiger partial charge in [-0.25, -0.2) is 0 Å². The molecule has 18 heavy (non-hydrogen) atoms. The predicted octanol–water partition coefficient (Wildman–Crippen LogP) is 3.23. The molecule has 0 atom stereocenters. The van der Waals surface area contributed by atoms with Gasteiger partial charge >= 0.3 is 0 Å². The molecule has 2 N–H and O–H groups in total. The van der Waals surface area contributed by atoms with Gasteiger partial charge < -0.3 is 10.6 Å². The van der Waals surface area contributed by atoms with Crippen molar-refractivity contribution in [2.24, 2.45) is 4.99 Å². The predicted molar refractivity (Wildman–Crippen MR) is 98.3 cm³/mol. The first-order chi connectivity index (χ1) is 8.28. The maximum atomic E-state index is 4.60. The van der Waals surface area contributed by atoms with Gasteiger partial charge in [-0.05, 0) is 54.5 Å². The maximum absolute atomic E-state index is 4.60. The van der Waals surface area contributed by atoms with Gasteiger partial charge in [0.25, 0.3) is 0 Å². The minimum atomic E-state index is 0. The van der Waals surface area contributed by atoms with Gasteiger partial charge in [0, 0.05) is 30.4 Å². The number of hydrogen-bond acceptors (Lipinski definition) is 2. The first-order valence-corrected chi connectivity index (χ1v) is 7.96. The number of guanidine groups is 1. The van der Waals surface area contributed by atoms with Crippen molar-refractivity contribution in [3.8, 4) is 0 Å². The summed E-state index contributed by atoms with van der Waals surface area (Å²) < 4.78 is 1.35. The molecule has 1 aliphatic rings. The first kappa shape index (κ1) is 16.5. The zero-order valence-electron chi connectivity index (χ0n) is 10.4. The van der Waals surface area contributed by atoms with E-state index in [0.29, 0.717) is 6.04 Å². The van der Waals surface area contributed by atoms with E-state index >= 15 is 0 Å². The summed E-state index contributed by atoms with van der Waals surface area (Å²) in [5.41, 5.74) is 0. The van der Waals surface area contributed by atoms with Crippen LogP contribution in [0.2, 0.25) is 0 Å². The van der Waals surface area contributed by atoms with Gasteiger partial charge in [-0.2, -0.15) is 0 Å². The van der Waals surface area contributed by atoms with Crippen LogP contribution in [0.25, 0.3) is 0 Å². The molecule has 0 spiro atoms. The van der Waals surface area contributed by atoms with E-state index in [4.69, 9.17) is 0 Å². The quantitative estimate of drug-likeness (QED) is 0.377. The van der Waals surface area contributed by atoms with Gasteiger partial charge in [0.05, 0.1) is 2.88 Å². The number of hydrogen-bond donors (Lipinski definition) is 2. The Labute approximate surface area is 143 Å². The van der Waals surface area contributed by atoms with Crippen molar-refractivity contribution in [1.29, 1.82) is 0 Å². The van der Waals surface area contributed by atoms with Crippen LogP contribution < -0.4 is 10.6 Å². The Bertz CT molecular complexity index is 388.